The fourth-order valence-corrected chi connectivity index (χ4v) is 2.92. The Morgan fingerprint density at radius 1 is 1.14 bits per heavy atom. The van der Waals surface area contributed by atoms with Gasteiger partial charge < -0.3 is 10.4 Å². The lowest BCUT2D eigenvalue weighted by Crippen LogP contribution is -2.25. The summed E-state index contributed by atoms with van der Waals surface area (Å²) in [5.41, 5.74) is 1.08. The summed E-state index contributed by atoms with van der Waals surface area (Å²) in [6.07, 6.45) is 7.96. The summed E-state index contributed by atoms with van der Waals surface area (Å²) in [4.78, 5) is 22.9. The SMILES string of the molecule is O=C(CC1CCCCCC1)NCc1cccc(C(=O)O)c1. The van der Waals surface area contributed by atoms with E-state index in [0.29, 0.717) is 18.9 Å². The van der Waals surface area contributed by atoms with Gasteiger partial charge >= 0.3 is 5.97 Å². The zero-order valence-electron chi connectivity index (χ0n) is 12.3. The molecule has 1 aromatic rings. The Morgan fingerprint density at radius 3 is 2.52 bits per heavy atom. The molecule has 1 aromatic carbocycles. The number of carbonyl (C=O) groups excluding carboxylic acids is 1. The third kappa shape index (κ3) is 5.21. The van der Waals surface area contributed by atoms with E-state index in [1.54, 1.807) is 18.2 Å². The van der Waals surface area contributed by atoms with Crippen LogP contribution in [0.5, 0.6) is 0 Å². The largest absolute Gasteiger partial charge is 0.478 e. The van der Waals surface area contributed by atoms with Crippen LogP contribution in [0.25, 0.3) is 0 Å². The number of benzene rings is 1. The molecule has 2 N–H and O–H groups in total. The molecule has 0 bridgehead atoms. The summed E-state index contributed by atoms with van der Waals surface area (Å²) < 4.78 is 0. The van der Waals surface area contributed by atoms with Crippen LogP contribution in [-0.2, 0) is 11.3 Å². The van der Waals surface area contributed by atoms with Crippen molar-refractivity contribution in [3.05, 3.63) is 35.4 Å². The van der Waals surface area contributed by atoms with Crippen molar-refractivity contribution in [3.63, 3.8) is 0 Å². The lowest BCUT2D eigenvalue weighted by molar-refractivity contribution is -0.122. The van der Waals surface area contributed by atoms with E-state index in [-0.39, 0.29) is 11.5 Å². The van der Waals surface area contributed by atoms with E-state index in [9.17, 15) is 9.59 Å². The standard InChI is InChI=1S/C17H23NO3/c19-16(11-13-6-3-1-2-4-7-13)18-12-14-8-5-9-15(10-14)17(20)21/h5,8-10,13H,1-4,6-7,11-12H2,(H,18,19)(H,20,21). The third-order valence-corrected chi connectivity index (χ3v) is 4.11. The second-order valence-electron chi connectivity index (χ2n) is 5.84. The lowest BCUT2D eigenvalue weighted by Gasteiger charge is -2.13. The highest BCUT2D eigenvalue weighted by Gasteiger charge is 2.15. The second-order valence-corrected chi connectivity index (χ2v) is 5.84. The van der Waals surface area contributed by atoms with E-state index in [0.717, 1.165) is 18.4 Å². The van der Waals surface area contributed by atoms with Gasteiger partial charge in [-0.1, -0.05) is 37.8 Å². The van der Waals surface area contributed by atoms with Gasteiger partial charge in [0.15, 0.2) is 0 Å². The van der Waals surface area contributed by atoms with E-state index < -0.39 is 5.97 Å². The van der Waals surface area contributed by atoms with Crippen molar-refractivity contribution in [2.24, 2.45) is 5.92 Å². The molecule has 0 aromatic heterocycles. The Morgan fingerprint density at radius 2 is 1.86 bits per heavy atom. The quantitative estimate of drug-likeness (QED) is 0.817. The van der Waals surface area contributed by atoms with Crippen LogP contribution in [0.4, 0.5) is 0 Å². The van der Waals surface area contributed by atoms with E-state index in [4.69, 9.17) is 5.11 Å². The number of hydrogen-bond donors (Lipinski definition) is 2. The number of carboxylic acid groups (broad SMARTS) is 1. The number of carbonyl (C=O) groups is 2. The van der Waals surface area contributed by atoms with E-state index in [1.807, 2.05) is 6.07 Å². The number of amides is 1. The predicted octanol–water partition coefficient (Wildman–Crippen LogP) is 3.36. The number of aromatic carboxylic acids is 1. The van der Waals surface area contributed by atoms with Crippen LogP contribution in [0, 0.1) is 5.92 Å². The van der Waals surface area contributed by atoms with Gasteiger partial charge in [-0.05, 0) is 36.5 Å². The highest BCUT2D eigenvalue weighted by Crippen LogP contribution is 2.25. The summed E-state index contributed by atoms with van der Waals surface area (Å²) in [5, 5.41) is 11.8. The summed E-state index contributed by atoms with van der Waals surface area (Å²) in [6, 6.07) is 6.70. The summed E-state index contributed by atoms with van der Waals surface area (Å²) in [5.74, 6) is -0.359. The molecule has 1 saturated carbocycles. The Hall–Kier alpha value is -1.84. The van der Waals surface area contributed by atoms with Crippen molar-refractivity contribution in [3.8, 4) is 0 Å². The third-order valence-electron chi connectivity index (χ3n) is 4.11. The molecule has 1 fully saturated rings. The molecule has 1 aliphatic carbocycles. The molecule has 0 spiro atoms. The Kier molecular flexibility index (Phi) is 5.78. The van der Waals surface area contributed by atoms with E-state index >= 15 is 0 Å². The van der Waals surface area contributed by atoms with Gasteiger partial charge in [-0.2, -0.15) is 0 Å². The van der Waals surface area contributed by atoms with Gasteiger partial charge in [-0.25, -0.2) is 4.79 Å². The van der Waals surface area contributed by atoms with Gasteiger partial charge in [0.2, 0.25) is 5.91 Å². The normalized spacial score (nSPS) is 16.2. The average Bonchev–Trinajstić information content (AvgIpc) is 2.74. The molecule has 0 aliphatic heterocycles. The van der Waals surface area contributed by atoms with Crippen molar-refractivity contribution < 1.29 is 14.7 Å². The molecular weight excluding hydrogens is 266 g/mol. The molecule has 114 valence electrons. The monoisotopic (exact) mass is 289 g/mol. The molecule has 0 atom stereocenters. The van der Waals surface area contributed by atoms with Gasteiger partial charge in [0, 0.05) is 13.0 Å². The van der Waals surface area contributed by atoms with Crippen LogP contribution in [0.2, 0.25) is 0 Å². The molecule has 2 rings (SSSR count). The minimum Gasteiger partial charge on any atom is -0.478 e. The first-order chi connectivity index (χ1) is 10.1. The molecule has 21 heavy (non-hydrogen) atoms. The van der Waals surface area contributed by atoms with Crippen LogP contribution in [0.3, 0.4) is 0 Å². The lowest BCUT2D eigenvalue weighted by atomic mass is 9.96. The summed E-state index contributed by atoms with van der Waals surface area (Å²) >= 11 is 0. The number of hydrogen-bond acceptors (Lipinski definition) is 2. The smallest absolute Gasteiger partial charge is 0.335 e. The van der Waals surface area contributed by atoms with E-state index in [1.165, 1.54) is 25.7 Å². The van der Waals surface area contributed by atoms with Gasteiger partial charge in [-0.15, -0.1) is 0 Å². The maximum Gasteiger partial charge on any atom is 0.335 e. The van der Waals surface area contributed by atoms with Crippen LogP contribution in [0.1, 0.15) is 60.9 Å². The molecule has 4 heteroatoms. The Balaban J connectivity index is 1.80. The van der Waals surface area contributed by atoms with Crippen LogP contribution in [-0.4, -0.2) is 17.0 Å². The van der Waals surface area contributed by atoms with Crippen molar-refractivity contribution >= 4 is 11.9 Å². The molecule has 1 amide bonds. The molecule has 1 aliphatic rings. The predicted molar refractivity (Wildman–Crippen MR) is 81.1 cm³/mol. The maximum absolute atomic E-state index is 12.0. The van der Waals surface area contributed by atoms with Crippen molar-refractivity contribution in [2.75, 3.05) is 0 Å². The average molecular weight is 289 g/mol. The molecule has 0 unspecified atom stereocenters. The van der Waals surface area contributed by atoms with Gasteiger partial charge in [0.25, 0.3) is 0 Å². The number of rotatable bonds is 5. The van der Waals surface area contributed by atoms with E-state index in [2.05, 4.69) is 5.32 Å². The van der Waals surface area contributed by atoms with Crippen LogP contribution < -0.4 is 5.32 Å². The zero-order valence-corrected chi connectivity index (χ0v) is 12.3. The molecule has 0 radical (unpaired) electrons. The summed E-state index contributed by atoms with van der Waals surface area (Å²) in [6.45, 7) is 0.396. The maximum atomic E-state index is 12.0. The van der Waals surface area contributed by atoms with Crippen molar-refractivity contribution in [1.82, 2.24) is 5.32 Å². The van der Waals surface area contributed by atoms with Crippen LogP contribution in [0.15, 0.2) is 24.3 Å². The first-order valence-corrected chi connectivity index (χ1v) is 7.74. The van der Waals surface area contributed by atoms with Gasteiger partial charge in [0.1, 0.15) is 0 Å². The van der Waals surface area contributed by atoms with Crippen molar-refractivity contribution in [2.45, 2.75) is 51.5 Å². The van der Waals surface area contributed by atoms with Crippen LogP contribution >= 0.6 is 0 Å². The molecule has 0 heterocycles. The number of carboxylic acids is 1. The van der Waals surface area contributed by atoms with Gasteiger partial charge in [-0.3, -0.25) is 4.79 Å². The Bertz CT molecular complexity index is 491. The first-order valence-electron chi connectivity index (χ1n) is 7.74. The second kappa shape index (κ2) is 7.81. The Labute approximate surface area is 125 Å². The molecular formula is C17H23NO3. The molecule has 4 nitrogen and oxygen atoms in total. The molecule has 0 saturated heterocycles. The zero-order chi connectivity index (χ0) is 15.1. The summed E-state index contributed by atoms with van der Waals surface area (Å²) in [7, 11) is 0. The highest BCUT2D eigenvalue weighted by molar-refractivity contribution is 5.87. The highest BCUT2D eigenvalue weighted by atomic mass is 16.4. The minimum atomic E-state index is -0.943. The van der Waals surface area contributed by atoms with Gasteiger partial charge in [0.05, 0.1) is 5.56 Å². The number of nitrogens with one attached hydrogen (secondary N) is 1. The van der Waals surface area contributed by atoms with Crippen molar-refractivity contribution in [1.29, 1.82) is 0 Å². The fraction of sp³-hybridized carbons (Fsp3) is 0.529. The minimum absolute atomic E-state index is 0.0719. The fourth-order valence-electron chi connectivity index (χ4n) is 2.92. The topological polar surface area (TPSA) is 66.4 Å². The first kappa shape index (κ1) is 15.5.